The van der Waals surface area contributed by atoms with Crippen LogP contribution in [0.4, 0.5) is 25.4 Å². The molecule has 1 aliphatic rings. The fourth-order valence-electron chi connectivity index (χ4n) is 3.26. The number of halogens is 1. The van der Waals surface area contributed by atoms with Gasteiger partial charge in [-0.25, -0.2) is 14.0 Å². The molecule has 35 heavy (non-hydrogen) atoms. The Kier molecular flexibility index (Phi) is 8.16. The summed E-state index contributed by atoms with van der Waals surface area (Å²) in [6.07, 6.45) is -1.15. The highest BCUT2D eigenvalue weighted by Crippen LogP contribution is 2.26. The average Bonchev–Trinajstić information content (AvgIpc) is 2.75. The van der Waals surface area contributed by atoms with E-state index in [-0.39, 0.29) is 12.6 Å². The highest BCUT2D eigenvalue weighted by Gasteiger charge is 2.34. The predicted octanol–water partition coefficient (Wildman–Crippen LogP) is 4.11. The Morgan fingerprint density at radius 3 is 2.43 bits per heavy atom. The number of amides is 3. The number of hydrogen-bond acceptors (Lipinski definition) is 6. The lowest BCUT2D eigenvalue weighted by Gasteiger charge is -2.40. The van der Waals surface area contributed by atoms with Gasteiger partial charge in [0.15, 0.2) is 0 Å². The first-order valence-corrected chi connectivity index (χ1v) is 11.3. The minimum atomic E-state index is -0.900. The maximum Gasteiger partial charge on any atom is 0.410 e. The first kappa shape index (κ1) is 25.8. The fourth-order valence-corrected chi connectivity index (χ4v) is 3.26. The van der Waals surface area contributed by atoms with Crippen LogP contribution >= 0.6 is 0 Å². The van der Waals surface area contributed by atoms with Crippen molar-refractivity contribution in [3.8, 4) is 0 Å². The minimum Gasteiger partial charge on any atom is -0.445 e. The molecule has 0 radical (unpaired) electrons. The van der Waals surface area contributed by atoms with Crippen molar-refractivity contribution in [2.24, 2.45) is 0 Å². The molecular formula is C25H31FN4O5. The number of hydrogen-bond donors (Lipinski definition) is 3. The number of ether oxygens (including phenoxy) is 2. The summed E-state index contributed by atoms with van der Waals surface area (Å²) in [7, 11) is 0. The predicted molar refractivity (Wildman–Crippen MR) is 129 cm³/mol. The summed E-state index contributed by atoms with van der Waals surface area (Å²) in [5, 5.41) is 8.31. The van der Waals surface area contributed by atoms with E-state index in [1.165, 1.54) is 30.0 Å². The third kappa shape index (κ3) is 7.87. The largest absolute Gasteiger partial charge is 0.445 e. The number of nitrogens with zero attached hydrogens (tertiary/aromatic N) is 1. The van der Waals surface area contributed by atoms with Gasteiger partial charge < -0.3 is 30.3 Å². The van der Waals surface area contributed by atoms with Crippen molar-refractivity contribution in [3.63, 3.8) is 0 Å². The first-order chi connectivity index (χ1) is 16.5. The molecule has 0 spiro atoms. The number of rotatable bonds is 7. The van der Waals surface area contributed by atoms with Crippen molar-refractivity contribution < 1.29 is 28.2 Å². The van der Waals surface area contributed by atoms with Crippen LogP contribution in [0, 0.1) is 5.82 Å². The Hall–Kier alpha value is -3.82. The maximum absolute atomic E-state index is 13.9. The van der Waals surface area contributed by atoms with Gasteiger partial charge in [0, 0.05) is 13.1 Å². The van der Waals surface area contributed by atoms with Crippen LogP contribution in [0.25, 0.3) is 0 Å². The number of nitrogens with one attached hydrogen (secondary N) is 3. The molecule has 1 fully saturated rings. The maximum atomic E-state index is 13.9. The SMILES string of the molecule is C[C@H](NC(=O)OCc1ccccc1)C(=O)Nc1ccc(F)cc1NC1CN(C(=O)OC(C)(C)C)C1. The number of carbonyl (C=O) groups excluding carboxylic acids is 3. The second-order valence-corrected chi connectivity index (χ2v) is 9.33. The molecule has 0 unspecified atom stereocenters. The standard InChI is InChI=1S/C25H31FN4O5/c1-16(27-23(32)34-15-17-8-6-5-7-9-17)22(31)29-20-11-10-18(26)12-21(20)28-19-13-30(14-19)24(33)35-25(2,3)4/h5-12,16,19,28H,13-15H2,1-4H3,(H,27,32)(H,29,31)/t16-/m0/s1. The quantitative estimate of drug-likeness (QED) is 0.544. The summed E-state index contributed by atoms with van der Waals surface area (Å²) in [5.41, 5.74) is 0.946. The fraction of sp³-hybridized carbons (Fsp3) is 0.400. The lowest BCUT2D eigenvalue weighted by atomic mass is 10.1. The van der Waals surface area contributed by atoms with E-state index in [9.17, 15) is 18.8 Å². The summed E-state index contributed by atoms with van der Waals surface area (Å²) in [6.45, 7) is 7.73. The molecule has 2 aromatic rings. The van der Waals surface area contributed by atoms with Crippen molar-refractivity contribution in [1.82, 2.24) is 10.2 Å². The van der Waals surface area contributed by atoms with Gasteiger partial charge in [-0.3, -0.25) is 4.79 Å². The van der Waals surface area contributed by atoms with Crippen LogP contribution in [-0.2, 0) is 20.9 Å². The van der Waals surface area contributed by atoms with Crippen LogP contribution in [0.2, 0.25) is 0 Å². The van der Waals surface area contributed by atoms with E-state index in [1.54, 1.807) is 20.8 Å². The Morgan fingerprint density at radius 1 is 1.09 bits per heavy atom. The summed E-state index contributed by atoms with van der Waals surface area (Å²) in [4.78, 5) is 38.3. The molecule has 1 saturated heterocycles. The Bertz CT molecular complexity index is 1050. The molecule has 9 nitrogen and oxygen atoms in total. The minimum absolute atomic E-state index is 0.0781. The highest BCUT2D eigenvalue weighted by atomic mass is 19.1. The number of benzene rings is 2. The molecule has 0 bridgehead atoms. The second kappa shape index (κ2) is 11.1. The van der Waals surface area contributed by atoms with Gasteiger partial charge in [-0.2, -0.15) is 0 Å². The lowest BCUT2D eigenvalue weighted by Crippen LogP contribution is -2.58. The van der Waals surface area contributed by atoms with Gasteiger partial charge in [-0.05, 0) is 51.5 Å². The molecule has 3 amide bonds. The van der Waals surface area contributed by atoms with E-state index in [1.807, 2.05) is 30.3 Å². The molecule has 10 heteroatoms. The second-order valence-electron chi connectivity index (χ2n) is 9.33. The molecule has 0 aromatic heterocycles. The van der Waals surface area contributed by atoms with Gasteiger partial charge in [0.25, 0.3) is 0 Å². The normalized spacial score (nSPS) is 14.4. The molecule has 1 heterocycles. The Balaban J connectivity index is 1.51. The lowest BCUT2D eigenvalue weighted by molar-refractivity contribution is -0.117. The molecule has 3 rings (SSSR count). The summed E-state index contributed by atoms with van der Waals surface area (Å²) < 4.78 is 24.4. The summed E-state index contributed by atoms with van der Waals surface area (Å²) in [5.74, 6) is -0.982. The topological polar surface area (TPSA) is 109 Å². The average molecular weight is 487 g/mol. The van der Waals surface area contributed by atoms with Crippen molar-refractivity contribution in [2.45, 2.75) is 52.0 Å². The van der Waals surface area contributed by atoms with Crippen LogP contribution in [0.1, 0.15) is 33.3 Å². The van der Waals surface area contributed by atoms with Crippen molar-refractivity contribution >= 4 is 29.5 Å². The molecule has 0 saturated carbocycles. The van der Waals surface area contributed by atoms with Crippen molar-refractivity contribution in [2.75, 3.05) is 23.7 Å². The third-order valence-electron chi connectivity index (χ3n) is 5.07. The molecule has 2 aromatic carbocycles. The monoisotopic (exact) mass is 486 g/mol. The van der Waals surface area contributed by atoms with Crippen LogP contribution in [0.5, 0.6) is 0 Å². The van der Waals surface area contributed by atoms with Crippen molar-refractivity contribution in [3.05, 3.63) is 59.9 Å². The zero-order valence-corrected chi connectivity index (χ0v) is 20.3. The Morgan fingerprint density at radius 2 is 1.77 bits per heavy atom. The van der Waals surface area contributed by atoms with E-state index in [4.69, 9.17) is 9.47 Å². The molecule has 1 aliphatic heterocycles. The van der Waals surface area contributed by atoms with Crippen molar-refractivity contribution in [1.29, 1.82) is 0 Å². The number of likely N-dealkylation sites (tertiary alicyclic amines) is 1. The van der Waals surface area contributed by atoms with Gasteiger partial charge in [0.1, 0.15) is 24.1 Å². The smallest absolute Gasteiger partial charge is 0.410 e. The van der Waals surface area contributed by atoms with E-state index in [0.29, 0.717) is 24.5 Å². The number of carbonyl (C=O) groups is 3. The van der Waals surface area contributed by atoms with E-state index < -0.39 is 35.6 Å². The Labute approximate surface area is 204 Å². The zero-order chi connectivity index (χ0) is 25.6. The molecule has 3 N–H and O–H groups in total. The third-order valence-corrected chi connectivity index (χ3v) is 5.07. The summed E-state index contributed by atoms with van der Waals surface area (Å²) >= 11 is 0. The molecular weight excluding hydrogens is 455 g/mol. The van der Waals surface area contributed by atoms with E-state index >= 15 is 0 Å². The summed E-state index contributed by atoms with van der Waals surface area (Å²) in [6, 6.07) is 12.0. The van der Waals surface area contributed by atoms with Gasteiger partial charge in [-0.1, -0.05) is 30.3 Å². The molecule has 1 atom stereocenters. The van der Waals surface area contributed by atoms with Crippen LogP contribution in [0.15, 0.2) is 48.5 Å². The van der Waals surface area contributed by atoms with E-state index in [0.717, 1.165) is 5.56 Å². The zero-order valence-electron chi connectivity index (χ0n) is 20.3. The highest BCUT2D eigenvalue weighted by molar-refractivity contribution is 5.98. The molecule has 188 valence electrons. The van der Waals surface area contributed by atoms with Gasteiger partial charge in [-0.15, -0.1) is 0 Å². The van der Waals surface area contributed by atoms with Gasteiger partial charge >= 0.3 is 12.2 Å². The van der Waals surface area contributed by atoms with E-state index in [2.05, 4.69) is 16.0 Å². The van der Waals surface area contributed by atoms with Crippen LogP contribution in [0.3, 0.4) is 0 Å². The van der Waals surface area contributed by atoms with Gasteiger partial charge in [0.2, 0.25) is 5.91 Å². The van der Waals surface area contributed by atoms with Gasteiger partial charge in [0.05, 0.1) is 17.4 Å². The van der Waals surface area contributed by atoms with Crippen LogP contribution in [-0.4, -0.2) is 53.8 Å². The van der Waals surface area contributed by atoms with Crippen LogP contribution < -0.4 is 16.0 Å². The molecule has 0 aliphatic carbocycles. The first-order valence-electron chi connectivity index (χ1n) is 11.3. The number of anilines is 2. The number of alkyl carbamates (subject to hydrolysis) is 1.